The number of ether oxygens (including phenoxy) is 1. The number of hydrogen-bond donors (Lipinski definition) is 2. The van der Waals surface area contributed by atoms with Crippen LogP contribution in [0, 0.1) is 17.8 Å². The van der Waals surface area contributed by atoms with Gasteiger partial charge in [-0.25, -0.2) is 4.79 Å². The number of carbonyl (C=O) groups excluding carboxylic acids is 5. The molecular weight excluding hydrogens is 476 g/mol. The zero-order valence-electron chi connectivity index (χ0n) is 18.8. The molecule has 0 spiro atoms. The first-order chi connectivity index (χ1) is 16.6. The van der Waals surface area contributed by atoms with E-state index in [1.807, 2.05) is 0 Å². The van der Waals surface area contributed by atoms with Crippen LogP contribution in [-0.2, 0) is 19.2 Å². The summed E-state index contributed by atoms with van der Waals surface area (Å²) in [5.41, 5.74) is 7.30. The molecule has 1 saturated heterocycles. The molecule has 3 aliphatic carbocycles. The highest BCUT2D eigenvalue weighted by atomic mass is 35.5. The number of nitrogens with two attached hydrogens (primary N) is 1. The molecule has 0 radical (unpaired) electrons. The lowest BCUT2D eigenvalue weighted by atomic mass is 9.59. The van der Waals surface area contributed by atoms with E-state index < -0.39 is 41.5 Å². The van der Waals surface area contributed by atoms with E-state index in [2.05, 4.69) is 0 Å². The maximum atomic E-state index is 13.3. The second-order valence-corrected chi connectivity index (χ2v) is 9.54. The third-order valence-corrected chi connectivity index (χ3v) is 7.68. The molecule has 1 fully saturated rings. The molecule has 10 heteroatoms. The number of primary amides is 1. The largest absolute Gasteiger partial charge is 0.503 e. The van der Waals surface area contributed by atoms with Crippen LogP contribution in [0.2, 0.25) is 5.02 Å². The summed E-state index contributed by atoms with van der Waals surface area (Å²) in [5.74, 6) is -5.24. The molecular formula is C25H21ClN2O7. The average molecular weight is 497 g/mol. The lowest BCUT2D eigenvalue weighted by molar-refractivity contribution is -0.136. The lowest BCUT2D eigenvalue weighted by Gasteiger charge is -2.42. The normalized spacial score (nSPS) is 27.8. The van der Waals surface area contributed by atoms with E-state index in [4.69, 9.17) is 22.1 Å². The Morgan fingerprint density at radius 1 is 1.17 bits per heavy atom. The Labute approximate surface area is 204 Å². The number of halogens is 1. The van der Waals surface area contributed by atoms with Gasteiger partial charge in [-0.05, 0) is 49.5 Å². The van der Waals surface area contributed by atoms with Gasteiger partial charge in [-0.1, -0.05) is 23.3 Å². The fraction of sp³-hybridized carbons (Fsp3) is 0.320. The monoisotopic (exact) mass is 496 g/mol. The van der Waals surface area contributed by atoms with Gasteiger partial charge in [0.15, 0.2) is 23.1 Å². The number of benzene rings is 1. The number of aromatic hydroxyl groups is 1. The van der Waals surface area contributed by atoms with E-state index in [1.165, 1.54) is 25.3 Å². The number of carbonyl (C=O) groups is 5. The highest BCUT2D eigenvalue weighted by Crippen LogP contribution is 2.56. The Hall–Kier alpha value is -3.72. The van der Waals surface area contributed by atoms with Crippen LogP contribution in [0.15, 0.2) is 46.6 Å². The zero-order valence-corrected chi connectivity index (χ0v) is 19.6. The number of hydrogen-bond acceptors (Lipinski definition) is 7. The number of methoxy groups -OCH3 is 1. The maximum Gasteiger partial charge on any atom is 0.328 e. The van der Waals surface area contributed by atoms with Crippen LogP contribution in [0.5, 0.6) is 11.5 Å². The number of phenolic OH excluding ortho intramolecular Hbond substituents is 1. The number of ketones is 2. The number of nitrogens with zero attached hydrogens (tertiary/aromatic N) is 1. The maximum absolute atomic E-state index is 13.3. The number of urea groups is 1. The molecule has 0 aromatic heterocycles. The van der Waals surface area contributed by atoms with E-state index in [0.29, 0.717) is 16.0 Å². The summed E-state index contributed by atoms with van der Waals surface area (Å²) >= 11 is 6.26. The van der Waals surface area contributed by atoms with Crippen LogP contribution >= 0.6 is 11.6 Å². The number of Topliss-reactive ketones (excluding diaryl/α,β-unsaturated/α-hetero) is 1. The van der Waals surface area contributed by atoms with Gasteiger partial charge in [0.25, 0.3) is 0 Å². The van der Waals surface area contributed by atoms with Gasteiger partial charge in [0.1, 0.15) is 0 Å². The van der Waals surface area contributed by atoms with E-state index >= 15 is 0 Å². The van der Waals surface area contributed by atoms with Gasteiger partial charge < -0.3 is 15.6 Å². The molecule has 4 atom stereocenters. The Bertz CT molecular complexity index is 1360. The highest BCUT2D eigenvalue weighted by molar-refractivity contribution is 6.32. The Morgan fingerprint density at radius 2 is 1.89 bits per heavy atom. The quantitative estimate of drug-likeness (QED) is 0.363. The molecule has 35 heavy (non-hydrogen) atoms. The number of fused-ring (bicyclic) bond motifs is 3. The van der Waals surface area contributed by atoms with Crippen molar-refractivity contribution in [2.75, 3.05) is 7.11 Å². The van der Waals surface area contributed by atoms with Gasteiger partial charge in [-0.3, -0.25) is 19.2 Å². The third-order valence-electron chi connectivity index (χ3n) is 7.39. The molecule has 0 saturated carbocycles. The first-order valence-corrected chi connectivity index (χ1v) is 11.4. The zero-order chi connectivity index (χ0) is 25.3. The van der Waals surface area contributed by atoms with Crippen LogP contribution in [0.3, 0.4) is 0 Å². The molecule has 1 aromatic rings. The topological polar surface area (TPSA) is 144 Å². The van der Waals surface area contributed by atoms with Crippen molar-refractivity contribution in [3.63, 3.8) is 0 Å². The number of imide groups is 3. The molecule has 9 nitrogen and oxygen atoms in total. The van der Waals surface area contributed by atoms with Crippen LogP contribution in [0.25, 0.3) is 0 Å². The van der Waals surface area contributed by atoms with Crippen molar-refractivity contribution in [3.8, 4) is 11.5 Å². The lowest BCUT2D eigenvalue weighted by Crippen LogP contribution is -2.42. The molecule has 3 N–H and O–H groups in total. The molecule has 0 unspecified atom stereocenters. The minimum absolute atomic E-state index is 0.00761. The summed E-state index contributed by atoms with van der Waals surface area (Å²) in [6.07, 6.45) is 3.31. The van der Waals surface area contributed by atoms with Gasteiger partial charge in [0.2, 0.25) is 11.8 Å². The second kappa shape index (κ2) is 7.91. The first kappa shape index (κ1) is 23.0. The minimum Gasteiger partial charge on any atom is -0.503 e. The summed E-state index contributed by atoms with van der Waals surface area (Å²) in [7, 11) is 1.36. The molecule has 5 rings (SSSR count). The molecule has 1 heterocycles. The van der Waals surface area contributed by atoms with Crippen molar-refractivity contribution in [1.29, 1.82) is 0 Å². The minimum atomic E-state index is -1.14. The molecule has 180 valence electrons. The Balaban J connectivity index is 1.73. The van der Waals surface area contributed by atoms with Crippen molar-refractivity contribution in [3.05, 3.63) is 57.2 Å². The van der Waals surface area contributed by atoms with Crippen LogP contribution in [0.4, 0.5) is 4.79 Å². The molecule has 1 aromatic carbocycles. The fourth-order valence-electron chi connectivity index (χ4n) is 5.87. The molecule has 4 amide bonds. The van der Waals surface area contributed by atoms with Crippen LogP contribution < -0.4 is 10.5 Å². The summed E-state index contributed by atoms with van der Waals surface area (Å²) < 4.78 is 5.25. The molecule has 4 aliphatic rings. The molecule has 0 bridgehead atoms. The smallest absolute Gasteiger partial charge is 0.328 e. The van der Waals surface area contributed by atoms with E-state index in [0.717, 1.165) is 0 Å². The SMILES string of the molecule is COc1cc([C@H]2C3=CC[C@@H]4C(=O)N(C(N)=O)C(=O)[C@@H]4[C@@H]3CC3=C2C(=O)C(C)=CC3=O)cc(Cl)c1O. The van der Waals surface area contributed by atoms with Crippen molar-refractivity contribution in [2.24, 2.45) is 23.5 Å². The van der Waals surface area contributed by atoms with E-state index in [9.17, 15) is 29.1 Å². The van der Waals surface area contributed by atoms with Gasteiger partial charge in [-0.15, -0.1) is 0 Å². The van der Waals surface area contributed by atoms with Crippen molar-refractivity contribution < 1.29 is 33.8 Å². The predicted molar refractivity (Wildman–Crippen MR) is 122 cm³/mol. The second-order valence-electron chi connectivity index (χ2n) is 9.13. The van der Waals surface area contributed by atoms with Gasteiger partial charge >= 0.3 is 6.03 Å². The predicted octanol–water partition coefficient (Wildman–Crippen LogP) is 2.56. The molecule has 1 aliphatic heterocycles. The van der Waals surface area contributed by atoms with Crippen molar-refractivity contribution >= 4 is 41.0 Å². The Morgan fingerprint density at radius 3 is 2.54 bits per heavy atom. The third kappa shape index (κ3) is 3.18. The van der Waals surface area contributed by atoms with E-state index in [1.54, 1.807) is 13.0 Å². The van der Waals surface area contributed by atoms with Crippen LogP contribution in [0.1, 0.15) is 31.2 Å². The van der Waals surface area contributed by atoms with Gasteiger partial charge in [-0.2, -0.15) is 4.90 Å². The fourth-order valence-corrected chi connectivity index (χ4v) is 6.09. The first-order valence-electron chi connectivity index (χ1n) is 11.0. The number of phenols is 1. The number of rotatable bonds is 2. The summed E-state index contributed by atoms with van der Waals surface area (Å²) in [5, 5.41) is 10.2. The average Bonchev–Trinajstić information content (AvgIpc) is 3.08. The number of amides is 4. The summed E-state index contributed by atoms with van der Waals surface area (Å²) in [6.45, 7) is 1.56. The summed E-state index contributed by atoms with van der Waals surface area (Å²) in [6, 6.07) is 1.89. The van der Waals surface area contributed by atoms with Gasteiger partial charge in [0, 0.05) is 22.6 Å². The van der Waals surface area contributed by atoms with Crippen molar-refractivity contribution in [2.45, 2.75) is 25.7 Å². The van der Waals surface area contributed by atoms with E-state index in [-0.39, 0.29) is 57.6 Å². The number of allylic oxidation sites excluding steroid dienone is 6. The highest BCUT2D eigenvalue weighted by Gasteiger charge is 2.57. The van der Waals surface area contributed by atoms with Crippen LogP contribution in [-0.4, -0.2) is 46.5 Å². The summed E-state index contributed by atoms with van der Waals surface area (Å²) in [4.78, 5) is 64.7. The van der Waals surface area contributed by atoms with Gasteiger partial charge in [0.05, 0.1) is 24.0 Å². The number of likely N-dealkylation sites (tertiary alicyclic amines) is 1. The Kier molecular flexibility index (Phi) is 5.21. The van der Waals surface area contributed by atoms with Crippen molar-refractivity contribution in [1.82, 2.24) is 4.90 Å². The standard InChI is InChI=1S/C25H21ClN2O7/c1-9-5-16(29)14-8-13-11(3-4-12-19(13)24(33)28(23(12)32)25(27)34)18(20(14)21(9)30)10-6-15(26)22(31)17(7-10)35-2/h3,5-7,12-13,18-19,31H,4,8H2,1-2H3,(H2,27,34)/t12-,13+,18-,19-/m0/s1.